The third-order valence-electron chi connectivity index (χ3n) is 3.05. The van der Waals surface area contributed by atoms with E-state index in [4.69, 9.17) is 0 Å². The first-order chi connectivity index (χ1) is 8.92. The average Bonchev–Trinajstić information content (AvgIpc) is 2.41. The fourth-order valence-corrected chi connectivity index (χ4v) is 1.78. The Kier molecular flexibility index (Phi) is 5.03. The predicted octanol–water partition coefficient (Wildman–Crippen LogP) is 2.30. The number of esters is 1. The second-order valence-corrected chi connectivity index (χ2v) is 4.31. The molecule has 1 atom stereocenters. The lowest BCUT2D eigenvalue weighted by Gasteiger charge is -2.22. The van der Waals surface area contributed by atoms with E-state index >= 15 is 0 Å². The molecular weight excluding hydrogens is 249 g/mol. The lowest BCUT2D eigenvalue weighted by atomic mass is 10.0. The summed E-state index contributed by atoms with van der Waals surface area (Å²) in [7, 11) is 2.81. The second-order valence-electron chi connectivity index (χ2n) is 4.31. The van der Waals surface area contributed by atoms with Gasteiger partial charge >= 0.3 is 5.97 Å². The molecular formula is C14H18FNO3. The molecule has 0 N–H and O–H groups in total. The number of methoxy groups -OCH3 is 1. The number of nitrogens with zero attached hydrogens (tertiary/aromatic N) is 1. The van der Waals surface area contributed by atoms with Crippen LogP contribution in [0.4, 0.5) is 10.1 Å². The van der Waals surface area contributed by atoms with Crippen molar-refractivity contribution in [2.45, 2.75) is 20.3 Å². The molecule has 0 bridgehead atoms. The third kappa shape index (κ3) is 3.30. The van der Waals surface area contributed by atoms with Gasteiger partial charge in [-0.1, -0.05) is 6.92 Å². The first-order valence-electron chi connectivity index (χ1n) is 6.03. The molecule has 4 nitrogen and oxygen atoms in total. The highest BCUT2D eigenvalue weighted by atomic mass is 19.1. The summed E-state index contributed by atoms with van der Waals surface area (Å²) in [6.07, 6.45) is 0.357. The molecule has 0 spiro atoms. The average molecular weight is 267 g/mol. The first-order valence-corrected chi connectivity index (χ1v) is 6.03. The van der Waals surface area contributed by atoms with Gasteiger partial charge < -0.3 is 9.64 Å². The zero-order valence-corrected chi connectivity index (χ0v) is 11.6. The number of carbonyl (C=O) groups excluding carboxylic acids is 2. The molecule has 0 aliphatic carbocycles. The van der Waals surface area contributed by atoms with Crippen molar-refractivity contribution in [2.75, 3.05) is 19.1 Å². The number of ether oxygens (including phenoxy) is 1. The highest BCUT2D eigenvalue weighted by molar-refractivity contribution is 6.05. The van der Waals surface area contributed by atoms with E-state index in [1.54, 1.807) is 27.0 Å². The van der Waals surface area contributed by atoms with E-state index in [0.29, 0.717) is 17.7 Å². The number of benzene rings is 1. The SMILES string of the molecule is CCC(C(=O)OC)C(=O)N(C)c1ccc(F)c(C)c1. The van der Waals surface area contributed by atoms with Gasteiger partial charge in [0.25, 0.3) is 0 Å². The number of aryl methyl sites for hydroxylation is 1. The van der Waals surface area contributed by atoms with E-state index in [9.17, 15) is 14.0 Å². The van der Waals surface area contributed by atoms with Crippen molar-refractivity contribution in [1.82, 2.24) is 0 Å². The van der Waals surface area contributed by atoms with Crippen LogP contribution in [0.2, 0.25) is 0 Å². The minimum atomic E-state index is -0.833. The van der Waals surface area contributed by atoms with Crippen LogP contribution >= 0.6 is 0 Å². The molecule has 5 heteroatoms. The maximum Gasteiger partial charge on any atom is 0.318 e. The van der Waals surface area contributed by atoms with Crippen LogP contribution in [0.25, 0.3) is 0 Å². The minimum absolute atomic E-state index is 0.329. The largest absolute Gasteiger partial charge is 0.468 e. The Morgan fingerprint density at radius 1 is 1.42 bits per heavy atom. The van der Waals surface area contributed by atoms with Crippen LogP contribution in [0.15, 0.2) is 18.2 Å². The zero-order valence-electron chi connectivity index (χ0n) is 11.6. The van der Waals surface area contributed by atoms with Crippen molar-refractivity contribution in [2.24, 2.45) is 5.92 Å². The van der Waals surface area contributed by atoms with Gasteiger partial charge in [-0.25, -0.2) is 4.39 Å². The molecule has 0 heterocycles. The fraction of sp³-hybridized carbons (Fsp3) is 0.429. The molecule has 0 saturated heterocycles. The van der Waals surface area contributed by atoms with Gasteiger partial charge in [0.05, 0.1) is 7.11 Å². The maximum atomic E-state index is 13.2. The maximum absolute atomic E-state index is 13.2. The summed E-state index contributed by atoms with van der Waals surface area (Å²) in [5.74, 6) is -2.08. The van der Waals surface area contributed by atoms with Crippen LogP contribution in [0.5, 0.6) is 0 Å². The Balaban J connectivity index is 2.97. The van der Waals surface area contributed by atoms with Gasteiger partial charge in [0.1, 0.15) is 11.7 Å². The van der Waals surface area contributed by atoms with Crippen LogP contribution in [0.1, 0.15) is 18.9 Å². The predicted molar refractivity (Wildman–Crippen MR) is 70.3 cm³/mol. The lowest BCUT2D eigenvalue weighted by molar-refractivity contribution is -0.149. The van der Waals surface area contributed by atoms with Crippen molar-refractivity contribution in [3.63, 3.8) is 0 Å². The Morgan fingerprint density at radius 2 is 2.05 bits per heavy atom. The molecule has 0 fully saturated rings. The molecule has 0 saturated carbocycles. The molecule has 1 rings (SSSR count). The van der Waals surface area contributed by atoms with E-state index in [0.717, 1.165) is 0 Å². The Bertz CT molecular complexity index is 488. The Labute approximate surface area is 112 Å². The molecule has 1 aromatic rings. The van der Waals surface area contributed by atoms with Crippen LogP contribution in [-0.4, -0.2) is 26.0 Å². The van der Waals surface area contributed by atoms with Crippen molar-refractivity contribution >= 4 is 17.6 Å². The standard InChI is InChI=1S/C14H18FNO3/c1-5-11(14(18)19-4)13(17)16(3)10-6-7-12(15)9(2)8-10/h6-8,11H,5H2,1-4H3. The normalized spacial score (nSPS) is 11.8. The van der Waals surface area contributed by atoms with Crippen molar-refractivity contribution < 1.29 is 18.7 Å². The van der Waals surface area contributed by atoms with E-state index in [2.05, 4.69) is 4.74 Å². The van der Waals surface area contributed by atoms with Gasteiger partial charge in [-0.2, -0.15) is 0 Å². The fourth-order valence-electron chi connectivity index (χ4n) is 1.78. The first kappa shape index (κ1) is 15.1. The molecule has 0 aromatic heterocycles. The topological polar surface area (TPSA) is 46.6 Å². The van der Waals surface area contributed by atoms with Crippen LogP contribution in [0.3, 0.4) is 0 Å². The van der Waals surface area contributed by atoms with Gasteiger partial charge in [-0.15, -0.1) is 0 Å². The van der Waals surface area contributed by atoms with Crippen molar-refractivity contribution in [3.8, 4) is 0 Å². The number of carbonyl (C=O) groups is 2. The van der Waals surface area contributed by atoms with Gasteiger partial charge in [0.15, 0.2) is 0 Å². The molecule has 0 aliphatic rings. The van der Waals surface area contributed by atoms with Gasteiger partial charge in [0.2, 0.25) is 5.91 Å². The van der Waals surface area contributed by atoms with E-state index < -0.39 is 11.9 Å². The van der Waals surface area contributed by atoms with Crippen molar-refractivity contribution in [1.29, 1.82) is 0 Å². The van der Waals surface area contributed by atoms with E-state index in [1.807, 2.05) is 0 Å². The molecule has 104 valence electrons. The Hall–Kier alpha value is -1.91. The molecule has 1 aromatic carbocycles. The second kappa shape index (κ2) is 6.31. The van der Waals surface area contributed by atoms with Crippen LogP contribution in [-0.2, 0) is 14.3 Å². The monoisotopic (exact) mass is 267 g/mol. The smallest absolute Gasteiger partial charge is 0.318 e. The number of hydrogen-bond donors (Lipinski definition) is 0. The summed E-state index contributed by atoms with van der Waals surface area (Å²) in [6, 6.07) is 4.37. The number of rotatable bonds is 4. The summed E-state index contributed by atoms with van der Waals surface area (Å²) in [4.78, 5) is 25.1. The quantitative estimate of drug-likeness (QED) is 0.621. The summed E-state index contributed by atoms with van der Waals surface area (Å²) >= 11 is 0. The zero-order chi connectivity index (χ0) is 14.6. The molecule has 1 amide bonds. The van der Waals surface area contributed by atoms with Crippen LogP contribution in [0, 0.1) is 18.7 Å². The molecule has 1 unspecified atom stereocenters. The highest BCUT2D eigenvalue weighted by Gasteiger charge is 2.29. The number of amides is 1. The molecule has 0 aliphatic heterocycles. The number of hydrogen-bond acceptors (Lipinski definition) is 3. The van der Waals surface area contributed by atoms with Gasteiger partial charge in [-0.3, -0.25) is 9.59 Å². The minimum Gasteiger partial charge on any atom is -0.468 e. The number of halogens is 1. The van der Waals surface area contributed by atoms with E-state index in [-0.39, 0.29) is 11.7 Å². The molecule has 19 heavy (non-hydrogen) atoms. The summed E-state index contributed by atoms with van der Waals surface area (Å²) < 4.78 is 17.8. The van der Waals surface area contributed by atoms with Crippen LogP contribution < -0.4 is 4.90 Å². The summed E-state index contributed by atoms with van der Waals surface area (Å²) in [5, 5.41) is 0. The number of anilines is 1. The van der Waals surface area contributed by atoms with Crippen molar-refractivity contribution in [3.05, 3.63) is 29.6 Å². The highest BCUT2D eigenvalue weighted by Crippen LogP contribution is 2.20. The molecule has 0 radical (unpaired) electrons. The van der Waals surface area contributed by atoms with Gasteiger partial charge in [-0.05, 0) is 37.1 Å². The van der Waals surface area contributed by atoms with E-state index in [1.165, 1.54) is 24.1 Å². The Morgan fingerprint density at radius 3 is 2.53 bits per heavy atom. The van der Waals surface area contributed by atoms with Gasteiger partial charge in [0, 0.05) is 12.7 Å². The third-order valence-corrected chi connectivity index (χ3v) is 3.05. The lowest BCUT2D eigenvalue weighted by Crippen LogP contribution is -2.37. The summed E-state index contributed by atoms with van der Waals surface area (Å²) in [5.41, 5.74) is 0.995. The summed E-state index contributed by atoms with van der Waals surface area (Å²) in [6.45, 7) is 3.36.